The average Bonchev–Trinajstić information content (AvgIpc) is 3.24. The molecule has 1 aromatic rings. The molecule has 150 valence electrons. The third kappa shape index (κ3) is 6.36. The lowest BCUT2D eigenvalue weighted by atomic mass is 10.2. The van der Waals surface area contributed by atoms with Gasteiger partial charge >= 0.3 is 0 Å². The molecule has 2 aliphatic rings. The van der Waals surface area contributed by atoms with Gasteiger partial charge in [-0.3, -0.25) is 0 Å². The lowest BCUT2D eigenvalue weighted by Crippen LogP contribution is -2.37. The summed E-state index contributed by atoms with van der Waals surface area (Å²) in [5.74, 6) is 0. The Balaban J connectivity index is 0.00000169. The highest BCUT2D eigenvalue weighted by Crippen LogP contribution is 2.19. The topological polar surface area (TPSA) is 61.4 Å². The molecule has 0 aromatic heterocycles. The zero-order chi connectivity index (χ0) is 17.0. The summed E-state index contributed by atoms with van der Waals surface area (Å²) in [5.41, 5.74) is 1.14. The van der Waals surface area contributed by atoms with E-state index in [2.05, 4.69) is 21.9 Å². The summed E-state index contributed by atoms with van der Waals surface area (Å²) in [6, 6.07) is 7.94. The number of hydrogen-bond donors (Lipinski definition) is 2. The largest absolute Gasteiger partial charge is 0.310 e. The molecule has 1 aliphatic carbocycles. The van der Waals surface area contributed by atoms with E-state index >= 15 is 0 Å². The molecule has 1 heterocycles. The maximum atomic E-state index is 12.5. The van der Waals surface area contributed by atoms with Crippen LogP contribution in [-0.4, -0.2) is 45.0 Å². The number of nitrogens with one attached hydrogen (secondary N) is 2. The van der Waals surface area contributed by atoms with E-state index in [4.69, 9.17) is 0 Å². The summed E-state index contributed by atoms with van der Waals surface area (Å²) in [6.45, 7) is 5.66. The Labute approximate surface area is 170 Å². The summed E-state index contributed by atoms with van der Waals surface area (Å²) in [6.07, 6.45) is 6.03. The average molecular weight is 424 g/mol. The first-order valence-electron chi connectivity index (χ1n) is 9.14. The van der Waals surface area contributed by atoms with Crippen LogP contribution < -0.4 is 10.0 Å². The zero-order valence-electron chi connectivity index (χ0n) is 15.3. The van der Waals surface area contributed by atoms with Gasteiger partial charge in [-0.15, -0.1) is 24.8 Å². The van der Waals surface area contributed by atoms with Gasteiger partial charge in [0, 0.05) is 25.2 Å². The fourth-order valence-corrected chi connectivity index (χ4v) is 4.94. The number of benzene rings is 1. The molecule has 1 saturated heterocycles. The van der Waals surface area contributed by atoms with Crippen molar-refractivity contribution >= 4 is 34.8 Å². The van der Waals surface area contributed by atoms with Crippen LogP contribution in [0.5, 0.6) is 0 Å². The van der Waals surface area contributed by atoms with Crippen molar-refractivity contribution in [3.63, 3.8) is 0 Å². The Bertz CT molecular complexity index is 634. The van der Waals surface area contributed by atoms with Crippen LogP contribution in [0.15, 0.2) is 29.2 Å². The Morgan fingerprint density at radius 2 is 1.69 bits per heavy atom. The SMILES string of the molecule is CCN1CCC(NS(=O)(=O)c2ccc(CNC3CCCC3)cc2)C1.Cl.Cl. The van der Waals surface area contributed by atoms with Gasteiger partial charge in [0.1, 0.15) is 0 Å². The molecule has 0 radical (unpaired) electrons. The van der Waals surface area contributed by atoms with Crippen molar-refractivity contribution in [2.24, 2.45) is 0 Å². The number of halogens is 2. The second kappa shape index (κ2) is 10.8. The van der Waals surface area contributed by atoms with Crippen molar-refractivity contribution in [1.82, 2.24) is 14.9 Å². The number of nitrogens with zero attached hydrogens (tertiary/aromatic N) is 1. The number of rotatable bonds is 7. The van der Waals surface area contributed by atoms with Crippen molar-refractivity contribution in [2.75, 3.05) is 19.6 Å². The molecule has 8 heteroatoms. The molecule has 1 aromatic carbocycles. The predicted molar refractivity (Wildman–Crippen MR) is 111 cm³/mol. The van der Waals surface area contributed by atoms with E-state index < -0.39 is 10.0 Å². The standard InChI is InChI=1S/C18H29N3O2S.2ClH/c1-2-21-12-11-17(14-21)20-24(22,23)18-9-7-15(8-10-18)13-19-16-5-3-4-6-16;;/h7-10,16-17,19-20H,2-6,11-14H2,1H3;2*1H. The number of sulfonamides is 1. The second-order valence-electron chi connectivity index (χ2n) is 7.01. The van der Waals surface area contributed by atoms with Crippen molar-refractivity contribution in [3.05, 3.63) is 29.8 Å². The molecular weight excluding hydrogens is 393 g/mol. The summed E-state index contributed by atoms with van der Waals surface area (Å²) in [5, 5.41) is 3.56. The normalized spacial score (nSPS) is 21.3. The summed E-state index contributed by atoms with van der Waals surface area (Å²) in [4.78, 5) is 2.63. The number of hydrogen-bond acceptors (Lipinski definition) is 4. The van der Waals surface area contributed by atoms with Crippen LogP contribution in [0, 0.1) is 0 Å². The zero-order valence-corrected chi connectivity index (χ0v) is 17.8. The third-order valence-corrected chi connectivity index (χ3v) is 6.76. The quantitative estimate of drug-likeness (QED) is 0.707. The fourth-order valence-electron chi connectivity index (χ4n) is 3.68. The molecule has 0 spiro atoms. The molecular formula is C18H31Cl2N3O2S. The molecule has 2 N–H and O–H groups in total. The van der Waals surface area contributed by atoms with E-state index in [1.807, 2.05) is 12.1 Å². The summed E-state index contributed by atoms with van der Waals surface area (Å²) >= 11 is 0. The highest BCUT2D eigenvalue weighted by molar-refractivity contribution is 7.89. The highest BCUT2D eigenvalue weighted by Gasteiger charge is 2.26. The van der Waals surface area contributed by atoms with Crippen LogP contribution in [0.4, 0.5) is 0 Å². The molecule has 1 unspecified atom stereocenters. The van der Waals surface area contributed by atoms with Gasteiger partial charge in [-0.2, -0.15) is 0 Å². The summed E-state index contributed by atoms with van der Waals surface area (Å²) in [7, 11) is -3.42. The van der Waals surface area contributed by atoms with Gasteiger partial charge in [-0.05, 0) is 50.0 Å². The lowest BCUT2D eigenvalue weighted by Gasteiger charge is -2.15. The van der Waals surface area contributed by atoms with Gasteiger partial charge < -0.3 is 10.2 Å². The Hall–Kier alpha value is -0.370. The molecule has 0 bridgehead atoms. The predicted octanol–water partition coefficient (Wildman–Crippen LogP) is 2.93. The maximum Gasteiger partial charge on any atom is 0.240 e. The molecule has 1 aliphatic heterocycles. The molecule has 3 rings (SSSR count). The third-order valence-electron chi connectivity index (χ3n) is 5.23. The van der Waals surface area contributed by atoms with Crippen LogP contribution in [-0.2, 0) is 16.6 Å². The van der Waals surface area contributed by atoms with Crippen LogP contribution in [0.25, 0.3) is 0 Å². The van der Waals surface area contributed by atoms with Crippen LogP contribution >= 0.6 is 24.8 Å². The maximum absolute atomic E-state index is 12.5. The molecule has 5 nitrogen and oxygen atoms in total. The van der Waals surface area contributed by atoms with Crippen molar-refractivity contribution in [2.45, 2.75) is 62.6 Å². The first-order chi connectivity index (χ1) is 11.6. The van der Waals surface area contributed by atoms with Crippen LogP contribution in [0.3, 0.4) is 0 Å². The van der Waals surface area contributed by atoms with Crippen molar-refractivity contribution in [3.8, 4) is 0 Å². The van der Waals surface area contributed by atoms with Crippen LogP contribution in [0.2, 0.25) is 0 Å². The van der Waals surface area contributed by atoms with E-state index in [-0.39, 0.29) is 30.9 Å². The molecule has 26 heavy (non-hydrogen) atoms. The summed E-state index contributed by atoms with van der Waals surface area (Å²) < 4.78 is 27.9. The number of likely N-dealkylation sites (tertiary alicyclic amines) is 1. The minimum absolute atomic E-state index is 0. The molecule has 1 atom stereocenters. The van der Waals surface area contributed by atoms with Gasteiger partial charge in [0.25, 0.3) is 0 Å². The smallest absolute Gasteiger partial charge is 0.240 e. The van der Waals surface area contributed by atoms with Crippen LogP contribution in [0.1, 0.15) is 44.6 Å². The van der Waals surface area contributed by atoms with E-state index in [1.165, 1.54) is 25.7 Å². The van der Waals surface area contributed by atoms with Gasteiger partial charge in [0.2, 0.25) is 10.0 Å². The van der Waals surface area contributed by atoms with E-state index in [9.17, 15) is 8.42 Å². The van der Waals surface area contributed by atoms with Gasteiger partial charge in [-0.25, -0.2) is 13.1 Å². The molecule has 2 fully saturated rings. The van der Waals surface area contributed by atoms with Gasteiger partial charge in [0.05, 0.1) is 4.90 Å². The molecule has 1 saturated carbocycles. The second-order valence-corrected chi connectivity index (χ2v) is 8.72. The van der Waals surface area contributed by atoms with Gasteiger partial charge in [-0.1, -0.05) is 31.9 Å². The van der Waals surface area contributed by atoms with Gasteiger partial charge in [0.15, 0.2) is 0 Å². The molecule has 0 amide bonds. The van der Waals surface area contributed by atoms with Crippen molar-refractivity contribution < 1.29 is 8.42 Å². The first-order valence-corrected chi connectivity index (χ1v) is 10.6. The van der Waals surface area contributed by atoms with E-state index in [0.717, 1.165) is 38.2 Å². The Kier molecular flexibility index (Phi) is 9.86. The first kappa shape index (κ1) is 23.7. The minimum atomic E-state index is -3.42. The Morgan fingerprint density at radius 3 is 2.27 bits per heavy atom. The number of likely N-dealkylation sites (N-methyl/N-ethyl adjacent to an activating group) is 1. The monoisotopic (exact) mass is 423 g/mol. The minimum Gasteiger partial charge on any atom is -0.310 e. The Morgan fingerprint density at radius 1 is 1.04 bits per heavy atom. The van der Waals surface area contributed by atoms with E-state index in [0.29, 0.717) is 10.9 Å². The van der Waals surface area contributed by atoms with Crippen molar-refractivity contribution in [1.29, 1.82) is 0 Å². The van der Waals surface area contributed by atoms with E-state index in [1.54, 1.807) is 12.1 Å². The lowest BCUT2D eigenvalue weighted by molar-refractivity contribution is 0.351. The fraction of sp³-hybridized carbons (Fsp3) is 0.667. The highest BCUT2D eigenvalue weighted by atomic mass is 35.5.